The van der Waals surface area contributed by atoms with Crippen LogP contribution < -0.4 is 5.32 Å². The van der Waals surface area contributed by atoms with Gasteiger partial charge in [-0.1, -0.05) is 13.3 Å². The van der Waals surface area contributed by atoms with Crippen molar-refractivity contribution >= 4 is 0 Å². The molecule has 3 heteroatoms. The summed E-state index contributed by atoms with van der Waals surface area (Å²) in [5.41, 5.74) is -0.514. The average molecular weight is 229 g/mol. The van der Waals surface area contributed by atoms with Crippen LogP contribution in [0.5, 0.6) is 0 Å². The Morgan fingerprint density at radius 3 is 2.69 bits per heavy atom. The van der Waals surface area contributed by atoms with Gasteiger partial charge < -0.3 is 15.2 Å². The van der Waals surface area contributed by atoms with E-state index in [2.05, 4.69) is 33.0 Å². The molecule has 2 N–H and O–H groups in total. The second kappa shape index (κ2) is 5.48. The lowest BCUT2D eigenvalue weighted by molar-refractivity contribution is -0.105. The van der Waals surface area contributed by atoms with Crippen molar-refractivity contribution in [1.82, 2.24) is 5.32 Å². The summed E-state index contributed by atoms with van der Waals surface area (Å²) in [7, 11) is 0. The Bertz CT molecular complexity index is 210. The van der Waals surface area contributed by atoms with Gasteiger partial charge >= 0.3 is 0 Å². The first-order chi connectivity index (χ1) is 7.35. The Morgan fingerprint density at radius 1 is 1.44 bits per heavy atom. The number of β-amino-alcohol motifs (C(OH)–C–C–N with tert-alkyl or cyclic N) is 1. The first kappa shape index (κ1) is 13.9. The standard InChI is InChI=1S/C13H27NO2/c1-5-6-11-9-13(15,7-8-16-11)10-14-12(2,3)4/h11,14-15H,5-10H2,1-4H3. The molecule has 0 spiro atoms. The highest BCUT2D eigenvalue weighted by Gasteiger charge is 2.35. The van der Waals surface area contributed by atoms with Gasteiger partial charge in [0.2, 0.25) is 0 Å². The van der Waals surface area contributed by atoms with E-state index in [-0.39, 0.29) is 11.6 Å². The third-order valence-corrected chi connectivity index (χ3v) is 3.09. The van der Waals surface area contributed by atoms with Crippen molar-refractivity contribution in [1.29, 1.82) is 0 Å². The zero-order valence-electron chi connectivity index (χ0n) is 11.2. The maximum absolute atomic E-state index is 10.5. The summed E-state index contributed by atoms with van der Waals surface area (Å²) < 4.78 is 5.66. The van der Waals surface area contributed by atoms with E-state index in [4.69, 9.17) is 4.74 Å². The van der Waals surface area contributed by atoms with E-state index in [9.17, 15) is 5.11 Å². The van der Waals surface area contributed by atoms with Crippen LogP contribution >= 0.6 is 0 Å². The van der Waals surface area contributed by atoms with E-state index >= 15 is 0 Å². The first-order valence-corrected chi connectivity index (χ1v) is 6.44. The smallest absolute Gasteiger partial charge is 0.0818 e. The Hall–Kier alpha value is -0.120. The summed E-state index contributed by atoms with van der Waals surface area (Å²) >= 11 is 0. The summed E-state index contributed by atoms with van der Waals surface area (Å²) in [6.07, 6.45) is 3.93. The maximum atomic E-state index is 10.5. The number of ether oxygens (including phenoxy) is 1. The van der Waals surface area contributed by atoms with Gasteiger partial charge in [-0.25, -0.2) is 0 Å². The fraction of sp³-hybridized carbons (Fsp3) is 1.00. The highest BCUT2D eigenvalue weighted by atomic mass is 16.5. The van der Waals surface area contributed by atoms with Crippen molar-refractivity contribution in [2.75, 3.05) is 13.2 Å². The van der Waals surface area contributed by atoms with Crippen LogP contribution in [0.4, 0.5) is 0 Å². The normalized spacial score (nSPS) is 31.7. The van der Waals surface area contributed by atoms with E-state index < -0.39 is 5.60 Å². The Kier molecular flexibility index (Phi) is 4.77. The molecule has 0 aromatic rings. The van der Waals surface area contributed by atoms with Crippen LogP contribution in [0.2, 0.25) is 0 Å². The van der Waals surface area contributed by atoms with Crippen molar-refractivity contribution in [2.24, 2.45) is 0 Å². The Balaban J connectivity index is 2.43. The van der Waals surface area contributed by atoms with Gasteiger partial charge in [0.15, 0.2) is 0 Å². The van der Waals surface area contributed by atoms with Gasteiger partial charge in [-0.15, -0.1) is 0 Å². The molecule has 1 aliphatic rings. The molecule has 1 saturated heterocycles. The molecule has 0 aliphatic carbocycles. The van der Waals surface area contributed by atoms with Gasteiger partial charge in [-0.05, 0) is 27.2 Å². The van der Waals surface area contributed by atoms with Crippen molar-refractivity contribution in [3.63, 3.8) is 0 Å². The van der Waals surface area contributed by atoms with Crippen molar-refractivity contribution in [2.45, 2.75) is 70.6 Å². The van der Waals surface area contributed by atoms with E-state index in [0.29, 0.717) is 13.2 Å². The molecule has 0 saturated carbocycles. The lowest BCUT2D eigenvalue weighted by Gasteiger charge is -2.39. The topological polar surface area (TPSA) is 41.5 Å². The monoisotopic (exact) mass is 229 g/mol. The highest BCUT2D eigenvalue weighted by Crippen LogP contribution is 2.27. The number of hydrogen-bond donors (Lipinski definition) is 2. The number of rotatable bonds is 4. The Labute approximate surface area is 99.6 Å². The van der Waals surface area contributed by atoms with E-state index in [1.54, 1.807) is 0 Å². The predicted octanol–water partition coefficient (Wildman–Crippen LogP) is 2.08. The van der Waals surface area contributed by atoms with Crippen LogP contribution in [0, 0.1) is 0 Å². The quantitative estimate of drug-likeness (QED) is 0.775. The fourth-order valence-corrected chi connectivity index (χ4v) is 2.10. The van der Waals surface area contributed by atoms with Crippen molar-refractivity contribution in [3.05, 3.63) is 0 Å². The average Bonchev–Trinajstić information content (AvgIpc) is 2.15. The molecule has 96 valence electrons. The molecular formula is C13H27NO2. The van der Waals surface area contributed by atoms with Crippen LogP contribution in [0.25, 0.3) is 0 Å². The minimum atomic E-state index is -0.578. The predicted molar refractivity (Wildman–Crippen MR) is 66.6 cm³/mol. The molecule has 16 heavy (non-hydrogen) atoms. The van der Waals surface area contributed by atoms with Gasteiger partial charge in [-0.2, -0.15) is 0 Å². The van der Waals surface area contributed by atoms with E-state index in [1.165, 1.54) is 0 Å². The van der Waals surface area contributed by atoms with Crippen LogP contribution in [0.1, 0.15) is 53.4 Å². The molecule has 1 rings (SSSR count). The number of nitrogens with one attached hydrogen (secondary N) is 1. The van der Waals surface area contributed by atoms with E-state index in [1.807, 2.05) is 0 Å². The van der Waals surface area contributed by atoms with Gasteiger partial charge in [0.1, 0.15) is 0 Å². The SMILES string of the molecule is CCCC1CC(O)(CNC(C)(C)C)CCO1. The first-order valence-electron chi connectivity index (χ1n) is 6.44. The highest BCUT2D eigenvalue weighted by molar-refractivity contribution is 4.89. The molecule has 0 aromatic heterocycles. The lowest BCUT2D eigenvalue weighted by Crippen LogP contribution is -2.52. The summed E-state index contributed by atoms with van der Waals surface area (Å²) in [6.45, 7) is 9.88. The van der Waals surface area contributed by atoms with Gasteiger partial charge in [0.05, 0.1) is 11.7 Å². The van der Waals surface area contributed by atoms with Crippen LogP contribution in [0.15, 0.2) is 0 Å². The zero-order chi connectivity index (χ0) is 12.2. The molecule has 1 fully saturated rings. The molecular weight excluding hydrogens is 202 g/mol. The molecule has 0 amide bonds. The minimum absolute atomic E-state index is 0.0638. The fourth-order valence-electron chi connectivity index (χ4n) is 2.10. The van der Waals surface area contributed by atoms with Crippen molar-refractivity contribution < 1.29 is 9.84 Å². The number of hydrogen-bond acceptors (Lipinski definition) is 3. The van der Waals surface area contributed by atoms with Crippen LogP contribution in [0.3, 0.4) is 0 Å². The molecule has 3 nitrogen and oxygen atoms in total. The van der Waals surface area contributed by atoms with Crippen LogP contribution in [-0.2, 0) is 4.74 Å². The second-order valence-electron chi connectivity index (χ2n) is 6.06. The summed E-state index contributed by atoms with van der Waals surface area (Å²) in [6, 6.07) is 0. The summed E-state index contributed by atoms with van der Waals surface area (Å²) in [4.78, 5) is 0. The minimum Gasteiger partial charge on any atom is -0.388 e. The van der Waals surface area contributed by atoms with Gasteiger partial charge in [0.25, 0.3) is 0 Å². The lowest BCUT2D eigenvalue weighted by atomic mass is 9.88. The second-order valence-corrected chi connectivity index (χ2v) is 6.06. The van der Waals surface area contributed by atoms with E-state index in [0.717, 1.165) is 25.7 Å². The summed E-state index contributed by atoms with van der Waals surface area (Å²) in [5, 5.41) is 13.9. The third-order valence-electron chi connectivity index (χ3n) is 3.09. The van der Waals surface area contributed by atoms with Crippen molar-refractivity contribution in [3.8, 4) is 0 Å². The third kappa shape index (κ3) is 4.81. The number of aliphatic hydroxyl groups is 1. The van der Waals surface area contributed by atoms with Gasteiger partial charge in [0, 0.05) is 31.5 Å². The largest absolute Gasteiger partial charge is 0.388 e. The molecule has 0 radical (unpaired) electrons. The molecule has 2 unspecified atom stereocenters. The maximum Gasteiger partial charge on any atom is 0.0818 e. The summed E-state index contributed by atoms with van der Waals surface area (Å²) in [5.74, 6) is 0. The molecule has 0 bridgehead atoms. The molecule has 1 heterocycles. The molecule has 0 aromatic carbocycles. The molecule has 2 atom stereocenters. The molecule has 1 aliphatic heterocycles. The van der Waals surface area contributed by atoms with Crippen LogP contribution in [-0.4, -0.2) is 35.5 Å². The zero-order valence-corrected chi connectivity index (χ0v) is 11.2. The Morgan fingerprint density at radius 2 is 2.12 bits per heavy atom. The van der Waals surface area contributed by atoms with Gasteiger partial charge in [-0.3, -0.25) is 0 Å².